The molecule has 0 unspecified atom stereocenters. The molecular formula is C19H12N4O4S. The van der Waals surface area contributed by atoms with Crippen molar-refractivity contribution in [1.82, 2.24) is 10.1 Å². The molecule has 0 aliphatic rings. The van der Waals surface area contributed by atoms with Gasteiger partial charge in [-0.1, -0.05) is 29.4 Å². The van der Waals surface area contributed by atoms with E-state index >= 15 is 0 Å². The van der Waals surface area contributed by atoms with Crippen LogP contribution in [0.3, 0.4) is 0 Å². The Kier molecular flexibility index (Phi) is 4.65. The molecule has 28 heavy (non-hydrogen) atoms. The Morgan fingerprint density at radius 2 is 1.96 bits per heavy atom. The number of thiophene rings is 1. The van der Waals surface area contributed by atoms with E-state index in [1.807, 2.05) is 17.5 Å². The van der Waals surface area contributed by atoms with Crippen LogP contribution in [0.4, 0.5) is 11.4 Å². The summed E-state index contributed by atoms with van der Waals surface area (Å²) in [6.07, 6.45) is 0. The van der Waals surface area contributed by atoms with Crippen LogP contribution in [0.25, 0.3) is 22.2 Å². The van der Waals surface area contributed by atoms with Crippen LogP contribution in [0.1, 0.15) is 10.4 Å². The number of amides is 1. The van der Waals surface area contributed by atoms with Crippen molar-refractivity contribution < 1.29 is 14.2 Å². The van der Waals surface area contributed by atoms with Crippen molar-refractivity contribution in [3.63, 3.8) is 0 Å². The number of nitrogens with one attached hydrogen (secondary N) is 1. The first-order valence-electron chi connectivity index (χ1n) is 8.14. The van der Waals surface area contributed by atoms with Crippen LogP contribution in [0.5, 0.6) is 0 Å². The van der Waals surface area contributed by atoms with Gasteiger partial charge in [0.1, 0.15) is 0 Å². The predicted molar refractivity (Wildman–Crippen MR) is 104 cm³/mol. The zero-order chi connectivity index (χ0) is 19.5. The van der Waals surface area contributed by atoms with Gasteiger partial charge in [0, 0.05) is 17.7 Å². The molecule has 2 heterocycles. The fourth-order valence-corrected chi connectivity index (χ4v) is 3.22. The van der Waals surface area contributed by atoms with E-state index in [4.69, 9.17) is 4.52 Å². The van der Waals surface area contributed by atoms with E-state index in [0.29, 0.717) is 17.1 Å². The number of carbonyl (C=O) groups is 1. The van der Waals surface area contributed by atoms with Gasteiger partial charge in [0.05, 0.1) is 21.1 Å². The first-order chi connectivity index (χ1) is 13.6. The maximum atomic E-state index is 12.6. The molecule has 2 aromatic heterocycles. The van der Waals surface area contributed by atoms with E-state index in [2.05, 4.69) is 15.5 Å². The van der Waals surface area contributed by atoms with Crippen molar-refractivity contribution in [2.75, 3.05) is 5.32 Å². The lowest BCUT2D eigenvalue weighted by Crippen LogP contribution is -2.12. The molecule has 1 amide bonds. The van der Waals surface area contributed by atoms with Crippen molar-refractivity contribution in [3.8, 4) is 22.2 Å². The van der Waals surface area contributed by atoms with Crippen molar-refractivity contribution in [2.24, 2.45) is 0 Å². The fourth-order valence-electron chi connectivity index (χ4n) is 2.57. The third-order valence-corrected chi connectivity index (χ3v) is 4.76. The first-order valence-corrected chi connectivity index (χ1v) is 9.02. The van der Waals surface area contributed by atoms with Gasteiger partial charge in [0.15, 0.2) is 0 Å². The number of anilines is 1. The molecule has 0 saturated carbocycles. The highest BCUT2D eigenvalue weighted by Crippen LogP contribution is 2.30. The number of nitrogens with zero attached hydrogens (tertiary/aromatic N) is 3. The van der Waals surface area contributed by atoms with Gasteiger partial charge in [0.2, 0.25) is 5.82 Å². The lowest BCUT2D eigenvalue weighted by molar-refractivity contribution is -0.384. The van der Waals surface area contributed by atoms with E-state index in [-0.39, 0.29) is 17.1 Å². The summed E-state index contributed by atoms with van der Waals surface area (Å²) in [5.74, 6) is 0.248. The van der Waals surface area contributed by atoms with Crippen molar-refractivity contribution in [1.29, 1.82) is 0 Å². The highest BCUT2D eigenvalue weighted by molar-refractivity contribution is 7.13. The number of benzene rings is 2. The summed E-state index contributed by atoms with van der Waals surface area (Å²) in [7, 11) is 0. The first kappa shape index (κ1) is 17.6. The molecule has 8 nitrogen and oxygen atoms in total. The van der Waals surface area contributed by atoms with E-state index in [1.54, 1.807) is 24.3 Å². The molecule has 0 radical (unpaired) electrons. The smallest absolute Gasteiger partial charge is 0.270 e. The van der Waals surface area contributed by atoms with Crippen LogP contribution in [0, 0.1) is 10.1 Å². The van der Waals surface area contributed by atoms with Gasteiger partial charge in [-0.15, -0.1) is 11.3 Å². The summed E-state index contributed by atoms with van der Waals surface area (Å²) < 4.78 is 5.36. The molecule has 0 aliphatic carbocycles. The van der Waals surface area contributed by atoms with E-state index in [1.165, 1.54) is 35.6 Å². The Hall–Kier alpha value is -3.85. The number of rotatable bonds is 5. The average molecular weight is 392 g/mol. The predicted octanol–water partition coefficient (Wildman–Crippen LogP) is 4.63. The minimum absolute atomic E-state index is 0.154. The zero-order valence-electron chi connectivity index (χ0n) is 14.2. The SMILES string of the molecule is O=C(Nc1ccccc1-c1nc(-c2cccs2)no1)c1cccc([N+](=O)[O-])c1. The van der Waals surface area contributed by atoms with Crippen LogP contribution in [-0.4, -0.2) is 21.0 Å². The van der Waals surface area contributed by atoms with Gasteiger partial charge in [-0.05, 0) is 29.6 Å². The minimum atomic E-state index is -0.546. The molecule has 0 aliphatic heterocycles. The lowest BCUT2D eigenvalue weighted by atomic mass is 10.1. The maximum Gasteiger partial charge on any atom is 0.270 e. The number of hydrogen-bond acceptors (Lipinski definition) is 7. The summed E-state index contributed by atoms with van der Waals surface area (Å²) in [5.41, 5.74) is 1.03. The van der Waals surface area contributed by atoms with Gasteiger partial charge in [-0.2, -0.15) is 4.98 Å². The number of nitro groups is 1. The molecule has 9 heteroatoms. The zero-order valence-corrected chi connectivity index (χ0v) is 15.1. The molecular weight excluding hydrogens is 380 g/mol. The van der Waals surface area contributed by atoms with Crippen molar-refractivity contribution in [2.45, 2.75) is 0 Å². The third kappa shape index (κ3) is 3.51. The van der Waals surface area contributed by atoms with Crippen molar-refractivity contribution >= 4 is 28.6 Å². The number of para-hydroxylation sites is 1. The quantitative estimate of drug-likeness (QED) is 0.392. The monoisotopic (exact) mass is 392 g/mol. The summed E-state index contributed by atoms with van der Waals surface area (Å²) in [5, 5.41) is 19.6. The topological polar surface area (TPSA) is 111 Å². The summed E-state index contributed by atoms with van der Waals surface area (Å²) in [6, 6.07) is 16.3. The van der Waals surface area contributed by atoms with Crippen molar-refractivity contribution in [3.05, 3.63) is 81.7 Å². The van der Waals surface area contributed by atoms with E-state index in [0.717, 1.165) is 4.88 Å². The molecule has 4 aromatic rings. The van der Waals surface area contributed by atoms with Gasteiger partial charge < -0.3 is 9.84 Å². The number of carbonyl (C=O) groups excluding carboxylic acids is 1. The fraction of sp³-hybridized carbons (Fsp3) is 0. The second-order valence-electron chi connectivity index (χ2n) is 5.71. The highest BCUT2D eigenvalue weighted by atomic mass is 32.1. The largest absolute Gasteiger partial charge is 0.334 e. The Morgan fingerprint density at radius 3 is 2.75 bits per heavy atom. The molecule has 138 valence electrons. The normalized spacial score (nSPS) is 10.6. The number of aromatic nitrogens is 2. The Balaban J connectivity index is 1.63. The van der Waals surface area contributed by atoms with Crippen LogP contribution in [0.2, 0.25) is 0 Å². The highest BCUT2D eigenvalue weighted by Gasteiger charge is 2.17. The molecule has 1 N–H and O–H groups in total. The maximum absolute atomic E-state index is 12.6. The van der Waals surface area contributed by atoms with Crippen LogP contribution >= 0.6 is 11.3 Å². The number of nitro benzene ring substituents is 1. The average Bonchev–Trinajstić information content (AvgIpc) is 3.40. The van der Waals surface area contributed by atoms with Gasteiger partial charge in [-0.3, -0.25) is 14.9 Å². The number of hydrogen-bond donors (Lipinski definition) is 1. The number of non-ortho nitro benzene ring substituents is 1. The van der Waals surface area contributed by atoms with E-state index < -0.39 is 10.8 Å². The third-order valence-electron chi connectivity index (χ3n) is 3.89. The molecule has 2 aromatic carbocycles. The molecule has 4 rings (SSSR count). The van der Waals surface area contributed by atoms with E-state index in [9.17, 15) is 14.9 Å². The molecule has 0 spiro atoms. The van der Waals surface area contributed by atoms with Crippen LogP contribution in [0.15, 0.2) is 70.6 Å². The molecule has 0 fully saturated rings. The van der Waals surface area contributed by atoms with Gasteiger partial charge in [0.25, 0.3) is 17.5 Å². The Labute approximate surface area is 162 Å². The minimum Gasteiger partial charge on any atom is -0.334 e. The van der Waals surface area contributed by atoms with Crippen LogP contribution < -0.4 is 5.32 Å². The standard InChI is InChI=1S/C19H12N4O4S/c24-18(12-5-3-6-13(11-12)23(25)26)20-15-8-2-1-7-14(15)19-21-17(22-27-19)16-9-4-10-28-16/h1-11H,(H,20,24). The summed E-state index contributed by atoms with van der Waals surface area (Å²) >= 11 is 1.49. The van der Waals surface area contributed by atoms with Crippen LogP contribution in [-0.2, 0) is 0 Å². The molecule has 0 saturated heterocycles. The molecule has 0 atom stereocenters. The Bertz CT molecular complexity index is 1150. The second kappa shape index (κ2) is 7.41. The van der Waals surface area contributed by atoms with Gasteiger partial charge >= 0.3 is 0 Å². The Morgan fingerprint density at radius 1 is 1.11 bits per heavy atom. The van der Waals surface area contributed by atoms with Gasteiger partial charge in [-0.25, -0.2) is 0 Å². The molecule has 0 bridgehead atoms. The second-order valence-corrected chi connectivity index (χ2v) is 6.66. The summed E-state index contributed by atoms with van der Waals surface area (Å²) in [6.45, 7) is 0. The lowest BCUT2D eigenvalue weighted by Gasteiger charge is -2.08. The summed E-state index contributed by atoms with van der Waals surface area (Å²) in [4.78, 5) is 28.2.